The molecule has 0 radical (unpaired) electrons. The fourth-order valence-electron chi connectivity index (χ4n) is 4.58. The Bertz CT molecular complexity index is 712. The van der Waals surface area contributed by atoms with Gasteiger partial charge >= 0.3 is 5.97 Å². The van der Waals surface area contributed by atoms with Crippen LogP contribution in [0.25, 0.3) is 5.57 Å². The minimum Gasteiger partial charge on any atom is -0.490 e. The lowest BCUT2D eigenvalue weighted by Gasteiger charge is -2.38. The Morgan fingerprint density at radius 1 is 1.19 bits per heavy atom. The van der Waals surface area contributed by atoms with Crippen molar-refractivity contribution in [2.24, 2.45) is 5.92 Å². The molecule has 1 N–H and O–H groups in total. The summed E-state index contributed by atoms with van der Waals surface area (Å²) in [6.07, 6.45) is 8.83. The van der Waals surface area contributed by atoms with Crippen LogP contribution < -0.4 is 4.74 Å². The topological polar surface area (TPSA) is 49.8 Å². The lowest BCUT2D eigenvalue weighted by atomic mass is 9.85. The standard InChI is InChI=1S/C22H29NO3/c1-15-17(12-23-13-18(14-23)22(24)25)8-7-16-11-20(9-10-21(15)16)26-19-5-3-2-4-6-19/h9-11,18-19H,2-8,12-14H2,1H3,(H,24,25). The van der Waals surface area contributed by atoms with Gasteiger partial charge in [0.05, 0.1) is 12.0 Å². The maximum absolute atomic E-state index is 11.0. The predicted molar refractivity (Wildman–Crippen MR) is 102 cm³/mol. The molecule has 0 unspecified atom stereocenters. The van der Waals surface area contributed by atoms with Crippen molar-refractivity contribution < 1.29 is 14.6 Å². The molecule has 2 fully saturated rings. The summed E-state index contributed by atoms with van der Waals surface area (Å²) in [5.74, 6) is 0.191. The molecule has 3 aliphatic rings. The first-order chi connectivity index (χ1) is 12.6. The second kappa shape index (κ2) is 7.43. The van der Waals surface area contributed by atoms with Gasteiger partial charge in [0.15, 0.2) is 0 Å². The Morgan fingerprint density at radius 2 is 1.96 bits per heavy atom. The first kappa shape index (κ1) is 17.6. The van der Waals surface area contributed by atoms with Crippen molar-refractivity contribution >= 4 is 11.5 Å². The number of ether oxygens (including phenoxy) is 1. The number of nitrogens with zero attached hydrogens (tertiary/aromatic N) is 1. The molecule has 2 aliphatic carbocycles. The van der Waals surface area contributed by atoms with Gasteiger partial charge in [0.1, 0.15) is 5.75 Å². The third-order valence-electron chi connectivity index (χ3n) is 6.28. The zero-order valence-electron chi connectivity index (χ0n) is 15.7. The lowest BCUT2D eigenvalue weighted by molar-refractivity contribution is -0.147. The molecule has 1 aromatic rings. The second-order valence-electron chi connectivity index (χ2n) is 8.15. The van der Waals surface area contributed by atoms with E-state index in [1.165, 1.54) is 54.4 Å². The summed E-state index contributed by atoms with van der Waals surface area (Å²) in [4.78, 5) is 13.2. The van der Waals surface area contributed by atoms with Crippen LogP contribution in [0.4, 0.5) is 0 Å². The molecule has 4 nitrogen and oxygen atoms in total. The van der Waals surface area contributed by atoms with Crippen LogP contribution in [0.5, 0.6) is 5.75 Å². The highest BCUT2D eigenvalue weighted by molar-refractivity contribution is 5.73. The summed E-state index contributed by atoms with van der Waals surface area (Å²) < 4.78 is 6.23. The fraction of sp³-hybridized carbons (Fsp3) is 0.591. The van der Waals surface area contributed by atoms with Crippen molar-refractivity contribution in [3.05, 3.63) is 34.9 Å². The van der Waals surface area contributed by atoms with Crippen molar-refractivity contribution in [3.63, 3.8) is 0 Å². The van der Waals surface area contributed by atoms with Gasteiger partial charge in [-0.15, -0.1) is 0 Å². The molecule has 1 heterocycles. The molecule has 4 heteroatoms. The number of hydrogen-bond donors (Lipinski definition) is 1. The Labute approximate surface area is 155 Å². The fourth-order valence-corrected chi connectivity index (χ4v) is 4.58. The van der Waals surface area contributed by atoms with Crippen molar-refractivity contribution in [1.82, 2.24) is 4.90 Å². The molecule has 0 atom stereocenters. The molecular weight excluding hydrogens is 326 g/mol. The van der Waals surface area contributed by atoms with E-state index in [0.29, 0.717) is 19.2 Å². The summed E-state index contributed by atoms with van der Waals surface area (Å²) in [5, 5.41) is 9.03. The predicted octanol–water partition coefficient (Wildman–Crippen LogP) is 4.13. The number of allylic oxidation sites excluding steroid dienone is 1. The molecule has 4 rings (SSSR count). The largest absolute Gasteiger partial charge is 0.490 e. The zero-order valence-corrected chi connectivity index (χ0v) is 15.7. The highest BCUT2D eigenvalue weighted by Gasteiger charge is 2.33. The zero-order chi connectivity index (χ0) is 18.1. The third-order valence-corrected chi connectivity index (χ3v) is 6.28. The van der Waals surface area contributed by atoms with Gasteiger partial charge in [-0.05, 0) is 74.3 Å². The van der Waals surface area contributed by atoms with Crippen LogP contribution in [0, 0.1) is 5.92 Å². The number of rotatable bonds is 5. The Balaban J connectivity index is 1.42. The van der Waals surface area contributed by atoms with Crippen molar-refractivity contribution in [2.75, 3.05) is 19.6 Å². The van der Waals surface area contributed by atoms with Gasteiger partial charge in [0, 0.05) is 19.6 Å². The minimum atomic E-state index is -0.661. The van der Waals surface area contributed by atoms with Crippen molar-refractivity contribution in [1.29, 1.82) is 0 Å². The normalized spacial score (nSPS) is 22.0. The van der Waals surface area contributed by atoms with E-state index in [9.17, 15) is 4.79 Å². The number of carboxylic acids is 1. The molecule has 1 aromatic carbocycles. The van der Waals surface area contributed by atoms with E-state index >= 15 is 0 Å². The molecular formula is C22H29NO3. The van der Waals surface area contributed by atoms with E-state index < -0.39 is 5.97 Å². The molecule has 26 heavy (non-hydrogen) atoms. The maximum atomic E-state index is 11.0. The average molecular weight is 355 g/mol. The second-order valence-corrected chi connectivity index (χ2v) is 8.15. The quantitative estimate of drug-likeness (QED) is 0.863. The van der Waals surface area contributed by atoms with Gasteiger partial charge in [0.25, 0.3) is 0 Å². The van der Waals surface area contributed by atoms with Gasteiger partial charge in [-0.25, -0.2) is 0 Å². The Hall–Kier alpha value is -1.81. The summed E-state index contributed by atoms with van der Waals surface area (Å²) in [7, 11) is 0. The van der Waals surface area contributed by atoms with Crippen LogP contribution in [-0.4, -0.2) is 41.7 Å². The summed E-state index contributed by atoms with van der Waals surface area (Å²) >= 11 is 0. The lowest BCUT2D eigenvalue weighted by Crippen LogP contribution is -2.50. The van der Waals surface area contributed by atoms with Gasteiger partial charge in [-0.2, -0.15) is 0 Å². The van der Waals surface area contributed by atoms with E-state index in [0.717, 1.165) is 25.1 Å². The molecule has 140 valence electrons. The Morgan fingerprint density at radius 3 is 2.69 bits per heavy atom. The van der Waals surface area contributed by atoms with Crippen LogP contribution in [0.3, 0.4) is 0 Å². The number of benzene rings is 1. The van der Waals surface area contributed by atoms with E-state index in [-0.39, 0.29) is 5.92 Å². The summed E-state index contributed by atoms with van der Waals surface area (Å²) in [5.41, 5.74) is 5.57. The highest BCUT2D eigenvalue weighted by Crippen LogP contribution is 2.35. The first-order valence-corrected chi connectivity index (χ1v) is 10.0. The third kappa shape index (κ3) is 3.66. The SMILES string of the molecule is CC1=C(CN2CC(C(=O)O)C2)CCc2cc(OC3CCCCC3)ccc21. The summed E-state index contributed by atoms with van der Waals surface area (Å²) in [6, 6.07) is 6.59. The molecule has 0 bridgehead atoms. The van der Waals surface area contributed by atoms with E-state index in [1.54, 1.807) is 0 Å². The molecule has 1 saturated carbocycles. The van der Waals surface area contributed by atoms with Crippen LogP contribution in [-0.2, 0) is 11.2 Å². The molecule has 0 spiro atoms. The number of hydrogen-bond acceptors (Lipinski definition) is 3. The summed E-state index contributed by atoms with van der Waals surface area (Å²) in [6.45, 7) is 4.50. The van der Waals surface area contributed by atoms with Crippen molar-refractivity contribution in [2.45, 2.75) is 58.0 Å². The number of carbonyl (C=O) groups is 1. The maximum Gasteiger partial charge on any atom is 0.309 e. The van der Waals surface area contributed by atoms with Crippen molar-refractivity contribution in [3.8, 4) is 5.75 Å². The van der Waals surface area contributed by atoms with Gasteiger partial charge in [-0.3, -0.25) is 9.69 Å². The number of aryl methyl sites for hydroxylation is 1. The average Bonchev–Trinajstić information content (AvgIpc) is 2.60. The molecule has 0 aromatic heterocycles. The molecule has 1 aliphatic heterocycles. The number of carboxylic acid groups (broad SMARTS) is 1. The molecule has 0 amide bonds. The van der Waals surface area contributed by atoms with Gasteiger partial charge < -0.3 is 9.84 Å². The number of fused-ring (bicyclic) bond motifs is 1. The number of aliphatic carboxylic acids is 1. The Kier molecular flexibility index (Phi) is 5.03. The minimum absolute atomic E-state index is 0.175. The van der Waals surface area contributed by atoms with E-state index in [2.05, 4.69) is 30.0 Å². The van der Waals surface area contributed by atoms with E-state index in [4.69, 9.17) is 9.84 Å². The van der Waals surface area contributed by atoms with E-state index in [1.807, 2.05) is 0 Å². The van der Waals surface area contributed by atoms with Crippen LogP contribution in [0.15, 0.2) is 23.8 Å². The first-order valence-electron chi connectivity index (χ1n) is 10.0. The van der Waals surface area contributed by atoms with Crippen LogP contribution in [0.2, 0.25) is 0 Å². The monoisotopic (exact) mass is 355 g/mol. The number of likely N-dealkylation sites (tertiary alicyclic amines) is 1. The van der Waals surface area contributed by atoms with Crippen LogP contribution in [0.1, 0.15) is 56.6 Å². The highest BCUT2D eigenvalue weighted by atomic mass is 16.5. The molecule has 1 saturated heterocycles. The van der Waals surface area contributed by atoms with Gasteiger partial charge in [-0.1, -0.05) is 18.1 Å². The van der Waals surface area contributed by atoms with Crippen LogP contribution >= 0.6 is 0 Å². The smallest absolute Gasteiger partial charge is 0.309 e. The van der Waals surface area contributed by atoms with Gasteiger partial charge in [0.2, 0.25) is 0 Å².